The van der Waals surface area contributed by atoms with E-state index in [4.69, 9.17) is 0 Å². The molecule has 0 aromatic carbocycles. The van der Waals surface area contributed by atoms with E-state index in [1.54, 1.807) is 18.6 Å². The molecule has 2 aliphatic heterocycles. The molecule has 30 heavy (non-hydrogen) atoms. The molecule has 7 nitrogen and oxygen atoms in total. The first-order valence-corrected chi connectivity index (χ1v) is 11.0. The van der Waals surface area contributed by atoms with Gasteiger partial charge in [-0.05, 0) is 56.9 Å². The number of nitrogens with zero attached hydrogens (tertiary/aromatic N) is 6. The van der Waals surface area contributed by atoms with Crippen LogP contribution in [0.25, 0.3) is 0 Å². The number of carbonyl (C=O) groups excluding carboxylic acids is 1. The van der Waals surface area contributed by atoms with Crippen LogP contribution in [0.1, 0.15) is 36.9 Å². The van der Waals surface area contributed by atoms with Crippen molar-refractivity contribution < 1.29 is 4.79 Å². The molecule has 2 aromatic rings. The normalized spacial score (nSPS) is 21.4. The lowest BCUT2D eigenvalue weighted by molar-refractivity contribution is -0.137. The van der Waals surface area contributed by atoms with Crippen molar-refractivity contribution in [1.29, 1.82) is 0 Å². The van der Waals surface area contributed by atoms with E-state index in [1.807, 2.05) is 30.4 Å². The molecule has 0 aliphatic carbocycles. The van der Waals surface area contributed by atoms with E-state index in [9.17, 15) is 4.79 Å². The molecule has 0 N–H and O–H groups in total. The van der Waals surface area contributed by atoms with E-state index < -0.39 is 0 Å². The summed E-state index contributed by atoms with van der Waals surface area (Å²) in [6.07, 6.45) is 13.3. The topological polar surface area (TPSA) is 65.5 Å². The summed E-state index contributed by atoms with van der Waals surface area (Å²) in [6.45, 7) is 5.73. The van der Waals surface area contributed by atoms with Gasteiger partial charge in [0.05, 0.1) is 24.4 Å². The van der Waals surface area contributed by atoms with Crippen molar-refractivity contribution in [3.8, 4) is 0 Å². The zero-order chi connectivity index (χ0) is 20.8. The van der Waals surface area contributed by atoms with Gasteiger partial charge in [-0.25, -0.2) is 0 Å². The maximum absolute atomic E-state index is 13.0. The highest BCUT2D eigenvalue weighted by Crippen LogP contribution is 2.25. The number of rotatable bonds is 6. The molecule has 160 valence electrons. The number of aromatic nitrogens is 3. The number of hydrogen-bond donors (Lipinski definition) is 0. The van der Waals surface area contributed by atoms with Crippen molar-refractivity contribution in [3.63, 3.8) is 0 Å². The van der Waals surface area contributed by atoms with Crippen LogP contribution >= 0.6 is 0 Å². The van der Waals surface area contributed by atoms with Gasteiger partial charge in [-0.2, -0.15) is 0 Å². The fourth-order valence-corrected chi connectivity index (χ4v) is 4.78. The first kappa shape index (κ1) is 20.9. The summed E-state index contributed by atoms with van der Waals surface area (Å²) in [5, 5.41) is 0. The van der Waals surface area contributed by atoms with Crippen LogP contribution in [0.5, 0.6) is 0 Å². The summed E-state index contributed by atoms with van der Waals surface area (Å²) in [5.41, 5.74) is 2.12. The van der Waals surface area contributed by atoms with Crippen LogP contribution in [-0.4, -0.2) is 74.8 Å². The lowest BCUT2D eigenvalue weighted by Gasteiger charge is -2.42. The Labute approximate surface area is 179 Å². The van der Waals surface area contributed by atoms with Crippen LogP contribution in [0, 0.1) is 5.92 Å². The van der Waals surface area contributed by atoms with Crippen LogP contribution in [0.2, 0.25) is 0 Å². The zero-order valence-corrected chi connectivity index (χ0v) is 17.9. The van der Waals surface area contributed by atoms with Gasteiger partial charge < -0.3 is 4.90 Å². The minimum atomic E-state index is 0.0915. The maximum Gasteiger partial charge on any atom is 0.227 e. The van der Waals surface area contributed by atoms with Crippen molar-refractivity contribution in [2.24, 2.45) is 5.92 Å². The fraction of sp³-hybridized carbons (Fsp3) is 0.565. The zero-order valence-electron chi connectivity index (χ0n) is 17.9. The molecule has 2 aliphatic rings. The van der Waals surface area contributed by atoms with Crippen molar-refractivity contribution in [3.05, 3.63) is 54.4 Å². The SMILES string of the molecule is CN(Cc1cnccn1)C(=O)[C@@H]1CCCN(C2CCN(Cc3cccnc3)CC2)C1. The first-order valence-electron chi connectivity index (χ1n) is 11.0. The highest BCUT2D eigenvalue weighted by molar-refractivity contribution is 5.78. The van der Waals surface area contributed by atoms with Gasteiger partial charge in [0.2, 0.25) is 5.91 Å². The summed E-state index contributed by atoms with van der Waals surface area (Å²) in [7, 11) is 1.88. The molecule has 2 saturated heterocycles. The number of pyridine rings is 1. The lowest BCUT2D eigenvalue weighted by atomic mass is 9.93. The number of carbonyl (C=O) groups is 1. The van der Waals surface area contributed by atoms with Gasteiger partial charge >= 0.3 is 0 Å². The molecular weight excluding hydrogens is 376 g/mol. The van der Waals surface area contributed by atoms with Crippen LogP contribution in [0.15, 0.2) is 43.1 Å². The highest BCUT2D eigenvalue weighted by Gasteiger charge is 2.32. The van der Waals surface area contributed by atoms with Crippen LogP contribution in [0.3, 0.4) is 0 Å². The molecule has 4 rings (SSSR count). The van der Waals surface area contributed by atoms with Gasteiger partial charge in [0.25, 0.3) is 0 Å². The summed E-state index contributed by atoms with van der Waals surface area (Å²) in [4.78, 5) is 32.6. The van der Waals surface area contributed by atoms with Gasteiger partial charge in [-0.3, -0.25) is 29.5 Å². The Morgan fingerprint density at radius 1 is 1.10 bits per heavy atom. The standard InChI is InChI=1S/C23H32N6O/c1-27(18-21-15-25-9-10-26-21)23(30)20-5-3-11-29(17-20)22-6-12-28(13-7-22)16-19-4-2-8-24-14-19/h2,4,8-10,14-15,20,22H,3,5-7,11-13,16-18H2,1H3/t20-/m1/s1. The average Bonchev–Trinajstić information content (AvgIpc) is 2.80. The first-order chi connectivity index (χ1) is 14.7. The van der Waals surface area contributed by atoms with Gasteiger partial charge in [0, 0.05) is 51.0 Å². The molecule has 1 atom stereocenters. The molecule has 7 heteroatoms. The molecule has 0 saturated carbocycles. The minimum absolute atomic E-state index is 0.0915. The molecule has 0 radical (unpaired) electrons. The number of hydrogen-bond acceptors (Lipinski definition) is 6. The van der Waals surface area contributed by atoms with E-state index in [2.05, 4.69) is 30.8 Å². The van der Waals surface area contributed by atoms with Crippen molar-refractivity contribution in [2.75, 3.05) is 33.2 Å². The molecule has 2 aromatic heterocycles. The molecule has 4 heterocycles. The number of amides is 1. The van der Waals surface area contributed by atoms with Gasteiger partial charge in [0.15, 0.2) is 0 Å². The molecule has 0 unspecified atom stereocenters. The Hall–Kier alpha value is -2.38. The Kier molecular flexibility index (Phi) is 7.02. The van der Waals surface area contributed by atoms with E-state index in [1.165, 1.54) is 18.4 Å². The van der Waals surface area contributed by atoms with E-state index >= 15 is 0 Å². The Bertz CT molecular complexity index is 794. The Morgan fingerprint density at radius 2 is 1.93 bits per heavy atom. The van der Waals surface area contributed by atoms with Crippen LogP contribution in [-0.2, 0) is 17.9 Å². The van der Waals surface area contributed by atoms with Gasteiger partial charge in [0.1, 0.15) is 0 Å². The third kappa shape index (κ3) is 5.40. The summed E-state index contributed by atoms with van der Waals surface area (Å²) in [5.74, 6) is 0.327. The second kappa shape index (κ2) is 10.1. The molecule has 0 bridgehead atoms. The third-order valence-corrected chi connectivity index (χ3v) is 6.40. The smallest absolute Gasteiger partial charge is 0.227 e. The quantitative estimate of drug-likeness (QED) is 0.730. The highest BCUT2D eigenvalue weighted by atomic mass is 16.2. The predicted octanol–water partition coefficient (Wildman–Crippen LogP) is 2.21. The summed E-state index contributed by atoms with van der Waals surface area (Å²) >= 11 is 0. The van der Waals surface area contributed by atoms with E-state index in [0.29, 0.717) is 12.6 Å². The maximum atomic E-state index is 13.0. The summed E-state index contributed by atoms with van der Waals surface area (Å²) < 4.78 is 0. The van der Waals surface area contributed by atoms with Gasteiger partial charge in [-0.1, -0.05) is 6.07 Å². The fourth-order valence-electron chi connectivity index (χ4n) is 4.78. The van der Waals surface area contributed by atoms with Crippen molar-refractivity contribution >= 4 is 5.91 Å². The molecule has 0 spiro atoms. The molecule has 1 amide bonds. The monoisotopic (exact) mass is 408 g/mol. The molecular formula is C23H32N6O. The minimum Gasteiger partial charge on any atom is -0.340 e. The largest absolute Gasteiger partial charge is 0.340 e. The second-order valence-corrected chi connectivity index (χ2v) is 8.59. The van der Waals surface area contributed by atoms with Crippen LogP contribution < -0.4 is 0 Å². The predicted molar refractivity (Wildman–Crippen MR) is 115 cm³/mol. The van der Waals surface area contributed by atoms with Gasteiger partial charge in [-0.15, -0.1) is 0 Å². The van der Waals surface area contributed by atoms with Crippen molar-refractivity contribution in [2.45, 2.75) is 44.8 Å². The van der Waals surface area contributed by atoms with Crippen LogP contribution in [0.4, 0.5) is 0 Å². The van der Waals surface area contributed by atoms with E-state index in [0.717, 1.165) is 51.3 Å². The van der Waals surface area contributed by atoms with E-state index in [-0.39, 0.29) is 11.8 Å². The Morgan fingerprint density at radius 3 is 2.67 bits per heavy atom. The summed E-state index contributed by atoms with van der Waals surface area (Å²) in [6, 6.07) is 4.75. The molecule has 2 fully saturated rings. The third-order valence-electron chi connectivity index (χ3n) is 6.40. The van der Waals surface area contributed by atoms with Crippen molar-refractivity contribution in [1.82, 2.24) is 29.7 Å². The number of piperidine rings is 2. The number of likely N-dealkylation sites (tertiary alicyclic amines) is 2. The lowest BCUT2D eigenvalue weighted by Crippen LogP contribution is -2.50. The Balaban J connectivity index is 1.26. The average molecular weight is 409 g/mol. The second-order valence-electron chi connectivity index (χ2n) is 8.59.